The second-order valence-electron chi connectivity index (χ2n) is 6.03. The number of non-ortho nitro benzene ring substituents is 1. The van der Waals surface area contributed by atoms with Gasteiger partial charge in [0.05, 0.1) is 11.5 Å². The van der Waals surface area contributed by atoms with E-state index in [4.69, 9.17) is 9.47 Å². The van der Waals surface area contributed by atoms with Crippen LogP contribution in [-0.4, -0.2) is 17.7 Å². The number of rotatable bonds is 4. The summed E-state index contributed by atoms with van der Waals surface area (Å²) in [4.78, 5) is 21.8. The van der Waals surface area contributed by atoms with Crippen LogP contribution >= 0.6 is 0 Å². The van der Waals surface area contributed by atoms with Crippen LogP contribution < -0.4 is 4.74 Å². The first-order valence-corrected chi connectivity index (χ1v) is 7.89. The van der Waals surface area contributed by atoms with Gasteiger partial charge < -0.3 is 9.47 Å². The minimum Gasteiger partial charge on any atom is -0.434 e. The molecule has 2 aliphatic carbocycles. The number of benzene rings is 1. The third kappa shape index (κ3) is 3.88. The minimum absolute atomic E-state index is 0.0477. The lowest BCUT2D eigenvalue weighted by Crippen LogP contribution is -2.13. The average molecular weight is 317 g/mol. The Morgan fingerprint density at radius 1 is 1.13 bits per heavy atom. The molecule has 0 heterocycles. The molecule has 2 aliphatic rings. The second kappa shape index (κ2) is 6.81. The summed E-state index contributed by atoms with van der Waals surface area (Å²) in [6.45, 7) is 0.390. The third-order valence-electron chi connectivity index (χ3n) is 4.65. The van der Waals surface area contributed by atoms with Crippen LogP contribution in [0.15, 0.2) is 36.4 Å². The number of hydrogen-bond donors (Lipinski definition) is 0. The van der Waals surface area contributed by atoms with Gasteiger partial charge in [-0.2, -0.15) is 0 Å². The molecule has 1 fully saturated rings. The van der Waals surface area contributed by atoms with Crippen LogP contribution in [0.4, 0.5) is 10.5 Å². The normalized spacial score (nSPS) is 27.0. The van der Waals surface area contributed by atoms with Crippen molar-refractivity contribution in [2.45, 2.75) is 25.7 Å². The standard InChI is InChI=1S/C17H19NO5/c19-17(23-13-9-7-12(8-10-13)18(20)21)22-11-16-14-5-3-1-2-4-6-15(14)16/h1-2,7-10,14-16H,3-6,11H2/b2-1-. The Bertz CT molecular complexity index is 594. The molecule has 6 nitrogen and oxygen atoms in total. The summed E-state index contributed by atoms with van der Waals surface area (Å²) in [5.41, 5.74) is -0.0477. The molecule has 0 aromatic heterocycles. The maximum absolute atomic E-state index is 11.7. The summed E-state index contributed by atoms with van der Waals surface area (Å²) in [6.07, 6.45) is 8.23. The molecule has 6 heteroatoms. The number of fused-ring (bicyclic) bond motifs is 1. The fourth-order valence-electron chi connectivity index (χ4n) is 3.37. The Hall–Kier alpha value is -2.37. The maximum atomic E-state index is 11.7. The summed E-state index contributed by atoms with van der Waals surface area (Å²) >= 11 is 0. The second-order valence-corrected chi connectivity index (χ2v) is 6.03. The average Bonchev–Trinajstić information content (AvgIpc) is 3.15. The first-order valence-electron chi connectivity index (χ1n) is 7.89. The Morgan fingerprint density at radius 2 is 1.74 bits per heavy atom. The Balaban J connectivity index is 1.44. The molecule has 23 heavy (non-hydrogen) atoms. The highest BCUT2D eigenvalue weighted by atomic mass is 16.7. The first kappa shape index (κ1) is 15.5. The Labute approximate surface area is 134 Å². The van der Waals surface area contributed by atoms with Crippen LogP contribution in [0, 0.1) is 27.9 Å². The van der Waals surface area contributed by atoms with Gasteiger partial charge in [0.2, 0.25) is 0 Å². The van der Waals surface area contributed by atoms with Gasteiger partial charge in [-0.05, 0) is 55.6 Å². The predicted molar refractivity (Wildman–Crippen MR) is 83.2 cm³/mol. The number of nitrogens with zero attached hydrogens (tertiary/aromatic N) is 1. The highest BCUT2D eigenvalue weighted by molar-refractivity contribution is 5.64. The van der Waals surface area contributed by atoms with Gasteiger partial charge in [0.1, 0.15) is 5.75 Å². The van der Waals surface area contributed by atoms with Crippen molar-refractivity contribution in [1.29, 1.82) is 0 Å². The molecule has 0 amide bonds. The van der Waals surface area contributed by atoms with Gasteiger partial charge in [0.15, 0.2) is 0 Å². The lowest BCUT2D eigenvalue weighted by molar-refractivity contribution is -0.384. The number of carbonyl (C=O) groups is 1. The fraction of sp³-hybridized carbons (Fsp3) is 0.471. The van der Waals surface area contributed by atoms with Gasteiger partial charge >= 0.3 is 6.16 Å². The molecular weight excluding hydrogens is 298 g/mol. The molecule has 122 valence electrons. The Kier molecular flexibility index (Phi) is 4.60. The van der Waals surface area contributed by atoms with Gasteiger partial charge in [-0.1, -0.05) is 12.2 Å². The number of nitro groups is 1. The minimum atomic E-state index is -0.753. The van der Waals surface area contributed by atoms with Crippen molar-refractivity contribution in [1.82, 2.24) is 0 Å². The van der Waals surface area contributed by atoms with Crippen molar-refractivity contribution < 1.29 is 19.2 Å². The van der Waals surface area contributed by atoms with E-state index < -0.39 is 11.1 Å². The highest BCUT2D eigenvalue weighted by Gasteiger charge is 2.49. The van der Waals surface area contributed by atoms with E-state index in [1.165, 1.54) is 24.3 Å². The zero-order chi connectivity index (χ0) is 16.2. The van der Waals surface area contributed by atoms with Gasteiger partial charge in [-0.15, -0.1) is 0 Å². The number of carbonyl (C=O) groups excluding carboxylic acids is 1. The lowest BCUT2D eigenvalue weighted by Gasteiger charge is -2.05. The van der Waals surface area contributed by atoms with Crippen LogP contribution in [0.2, 0.25) is 0 Å². The van der Waals surface area contributed by atoms with E-state index >= 15 is 0 Å². The summed E-state index contributed by atoms with van der Waals surface area (Å²) in [6, 6.07) is 5.35. The molecule has 0 spiro atoms. The number of nitro benzene ring substituents is 1. The van der Waals surface area contributed by atoms with Gasteiger partial charge in [-0.25, -0.2) is 4.79 Å². The molecular formula is C17H19NO5. The molecule has 2 unspecified atom stereocenters. The molecule has 0 saturated heterocycles. The fourth-order valence-corrected chi connectivity index (χ4v) is 3.37. The van der Waals surface area contributed by atoms with E-state index in [9.17, 15) is 14.9 Å². The molecule has 0 N–H and O–H groups in total. The molecule has 0 aliphatic heterocycles. The van der Waals surface area contributed by atoms with E-state index in [1.807, 2.05) is 0 Å². The van der Waals surface area contributed by atoms with Crippen LogP contribution in [0.3, 0.4) is 0 Å². The van der Waals surface area contributed by atoms with Crippen LogP contribution in [0.1, 0.15) is 25.7 Å². The van der Waals surface area contributed by atoms with E-state index in [2.05, 4.69) is 12.2 Å². The predicted octanol–water partition coefficient (Wildman–Crippen LogP) is 4.10. The third-order valence-corrected chi connectivity index (χ3v) is 4.65. The smallest absolute Gasteiger partial charge is 0.434 e. The topological polar surface area (TPSA) is 78.7 Å². The number of ether oxygens (including phenoxy) is 2. The summed E-state index contributed by atoms with van der Waals surface area (Å²) < 4.78 is 10.2. The van der Waals surface area contributed by atoms with E-state index in [0.717, 1.165) is 25.7 Å². The molecule has 2 atom stereocenters. The van der Waals surface area contributed by atoms with Crippen molar-refractivity contribution in [3.05, 3.63) is 46.5 Å². The summed E-state index contributed by atoms with van der Waals surface area (Å²) in [7, 11) is 0. The monoisotopic (exact) mass is 317 g/mol. The van der Waals surface area contributed by atoms with Crippen molar-refractivity contribution in [3.8, 4) is 5.75 Å². The van der Waals surface area contributed by atoms with Crippen molar-refractivity contribution in [3.63, 3.8) is 0 Å². The zero-order valence-corrected chi connectivity index (χ0v) is 12.7. The lowest BCUT2D eigenvalue weighted by atomic mass is 10.1. The summed E-state index contributed by atoms with van der Waals surface area (Å²) in [5.74, 6) is 2.00. The zero-order valence-electron chi connectivity index (χ0n) is 12.7. The SMILES string of the molecule is O=C(OCC1C2CC/C=C\CCC21)Oc1ccc([N+](=O)[O-])cc1. The highest BCUT2D eigenvalue weighted by Crippen LogP contribution is 2.52. The molecule has 1 aromatic carbocycles. The Morgan fingerprint density at radius 3 is 2.30 bits per heavy atom. The summed E-state index contributed by atoms with van der Waals surface area (Å²) in [5, 5.41) is 10.6. The largest absolute Gasteiger partial charge is 0.513 e. The van der Waals surface area contributed by atoms with Crippen LogP contribution in [0.25, 0.3) is 0 Å². The van der Waals surface area contributed by atoms with Crippen molar-refractivity contribution in [2.75, 3.05) is 6.61 Å². The van der Waals surface area contributed by atoms with E-state index in [-0.39, 0.29) is 11.4 Å². The van der Waals surface area contributed by atoms with Crippen molar-refractivity contribution in [2.24, 2.45) is 17.8 Å². The van der Waals surface area contributed by atoms with E-state index in [1.54, 1.807) is 0 Å². The van der Waals surface area contributed by atoms with Crippen molar-refractivity contribution >= 4 is 11.8 Å². The quantitative estimate of drug-likeness (QED) is 0.274. The molecule has 0 radical (unpaired) electrons. The first-order chi connectivity index (χ1) is 11.1. The van der Waals surface area contributed by atoms with Gasteiger partial charge in [0.25, 0.3) is 5.69 Å². The molecule has 1 saturated carbocycles. The maximum Gasteiger partial charge on any atom is 0.513 e. The van der Waals surface area contributed by atoms with Gasteiger partial charge in [0, 0.05) is 12.1 Å². The van der Waals surface area contributed by atoms with E-state index in [0.29, 0.717) is 24.4 Å². The number of hydrogen-bond acceptors (Lipinski definition) is 5. The van der Waals surface area contributed by atoms with Gasteiger partial charge in [-0.3, -0.25) is 10.1 Å². The molecule has 3 rings (SSSR count). The number of allylic oxidation sites excluding steroid dienone is 2. The molecule has 1 aromatic rings. The molecule has 0 bridgehead atoms. The van der Waals surface area contributed by atoms with Crippen LogP contribution in [-0.2, 0) is 4.74 Å². The van der Waals surface area contributed by atoms with Crippen LogP contribution in [0.5, 0.6) is 5.75 Å².